The van der Waals surface area contributed by atoms with Crippen molar-refractivity contribution in [3.8, 4) is 0 Å². The molecule has 0 aliphatic carbocycles. The van der Waals surface area contributed by atoms with Crippen LogP contribution in [-0.4, -0.2) is 25.0 Å². The van der Waals surface area contributed by atoms with Crippen LogP contribution >= 0.6 is 0 Å². The van der Waals surface area contributed by atoms with E-state index in [0.717, 1.165) is 12.0 Å². The van der Waals surface area contributed by atoms with Crippen LogP contribution in [0, 0.1) is 5.92 Å². The van der Waals surface area contributed by atoms with Crippen molar-refractivity contribution in [1.82, 2.24) is 0 Å². The standard InChI is InChI=1S/C19H28O5/c1-6-17(24-19(21)22-7-2)23-18(20)14(5)16-10-8-15(9-11-16)12-13(3)4/h8-11,13-14,17H,6-7,12H2,1-5H3/t14-,17+/m0/s1. The lowest BCUT2D eigenvalue weighted by Gasteiger charge is -2.19. The van der Waals surface area contributed by atoms with Gasteiger partial charge in [0.25, 0.3) is 6.29 Å². The lowest BCUT2D eigenvalue weighted by atomic mass is 9.97. The second-order valence-corrected chi connectivity index (χ2v) is 6.14. The van der Waals surface area contributed by atoms with Crippen LogP contribution in [0.25, 0.3) is 0 Å². The number of hydrogen-bond acceptors (Lipinski definition) is 5. The number of carbonyl (C=O) groups excluding carboxylic acids is 2. The molecule has 5 nitrogen and oxygen atoms in total. The number of ether oxygens (including phenoxy) is 3. The first-order valence-corrected chi connectivity index (χ1v) is 8.50. The zero-order valence-electron chi connectivity index (χ0n) is 15.2. The van der Waals surface area contributed by atoms with E-state index in [4.69, 9.17) is 14.2 Å². The molecule has 0 N–H and O–H groups in total. The summed E-state index contributed by atoms with van der Waals surface area (Å²) in [6.45, 7) is 9.77. The number of esters is 1. The lowest BCUT2D eigenvalue weighted by molar-refractivity contribution is -0.173. The van der Waals surface area contributed by atoms with Crippen molar-refractivity contribution in [2.45, 2.75) is 59.7 Å². The minimum atomic E-state index is -0.931. The molecular weight excluding hydrogens is 308 g/mol. The summed E-state index contributed by atoms with van der Waals surface area (Å²) in [7, 11) is 0. The second-order valence-electron chi connectivity index (χ2n) is 6.14. The fourth-order valence-electron chi connectivity index (χ4n) is 2.23. The topological polar surface area (TPSA) is 61.8 Å². The third kappa shape index (κ3) is 6.60. The molecule has 0 bridgehead atoms. The Morgan fingerprint density at radius 1 is 1.00 bits per heavy atom. The van der Waals surface area contributed by atoms with Gasteiger partial charge >= 0.3 is 12.1 Å². The summed E-state index contributed by atoms with van der Waals surface area (Å²) in [6.07, 6.45) is -0.392. The molecule has 0 heterocycles. The highest BCUT2D eigenvalue weighted by atomic mass is 16.8. The van der Waals surface area contributed by atoms with Crippen molar-refractivity contribution < 1.29 is 23.8 Å². The highest BCUT2D eigenvalue weighted by Gasteiger charge is 2.23. The summed E-state index contributed by atoms with van der Waals surface area (Å²) in [5.41, 5.74) is 2.12. The molecule has 0 spiro atoms. The van der Waals surface area contributed by atoms with Gasteiger partial charge in [-0.2, -0.15) is 0 Å². The molecule has 24 heavy (non-hydrogen) atoms. The summed E-state index contributed by atoms with van der Waals surface area (Å²) in [5, 5.41) is 0. The van der Waals surface area contributed by atoms with Crippen molar-refractivity contribution in [3.05, 3.63) is 35.4 Å². The normalized spacial score (nSPS) is 13.2. The van der Waals surface area contributed by atoms with Crippen LogP contribution in [0.5, 0.6) is 0 Å². The van der Waals surface area contributed by atoms with Gasteiger partial charge in [-0.05, 0) is 37.3 Å². The third-order valence-electron chi connectivity index (χ3n) is 3.55. The predicted octanol–water partition coefficient (Wildman–Crippen LogP) is 4.44. The Labute approximate surface area is 144 Å². The minimum absolute atomic E-state index is 0.211. The Kier molecular flexibility index (Phi) is 8.30. The second kappa shape index (κ2) is 9.96. The Bertz CT molecular complexity index is 521. The van der Waals surface area contributed by atoms with Gasteiger partial charge in [-0.25, -0.2) is 4.79 Å². The Balaban J connectivity index is 2.63. The average Bonchev–Trinajstić information content (AvgIpc) is 2.53. The average molecular weight is 336 g/mol. The highest BCUT2D eigenvalue weighted by molar-refractivity contribution is 5.77. The van der Waals surface area contributed by atoms with Crippen LogP contribution in [0.1, 0.15) is 58.1 Å². The molecule has 0 aliphatic heterocycles. The molecule has 0 unspecified atom stereocenters. The van der Waals surface area contributed by atoms with E-state index in [1.807, 2.05) is 24.3 Å². The van der Waals surface area contributed by atoms with Gasteiger partial charge in [0.05, 0.1) is 12.5 Å². The maximum absolute atomic E-state index is 12.3. The first-order chi connectivity index (χ1) is 11.4. The van der Waals surface area contributed by atoms with Gasteiger partial charge in [-0.1, -0.05) is 45.0 Å². The molecule has 0 amide bonds. The number of rotatable bonds is 8. The number of benzene rings is 1. The SMILES string of the molecule is CCOC(=O)O[C@H](CC)OC(=O)[C@@H](C)c1ccc(CC(C)C)cc1. The van der Waals surface area contributed by atoms with E-state index in [-0.39, 0.29) is 6.61 Å². The number of hydrogen-bond donors (Lipinski definition) is 0. The quantitative estimate of drug-likeness (QED) is 0.519. The molecule has 0 aliphatic rings. The van der Waals surface area contributed by atoms with Crippen LogP contribution in [0.2, 0.25) is 0 Å². The van der Waals surface area contributed by atoms with E-state index in [1.54, 1.807) is 20.8 Å². The van der Waals surface area contributed by atoms with E-state index in [9.17, 15) is 9.59 Å². The van der Waals surface area contributed by atoms with E-state index in [0.29, 0.717) is 12.3 Å². The minimum Gasteiger partial charge on any atom is -0.435 e. The Morgan fingerprint density at radius 3 is 2.12 bits per heavy atom. The summed E-state index contributed by atoms with van der Waals surface area (Å²) >= 11 is 0. The maximum atomic E-state index is 12.3. The van der Waals surface area contributed by atoms with Gasteiger partial charge < -0.3 is 14.2 Å². The predicted molar refractivity (Wildman–Crippen MR) is 91.7 cm³/mol. The molecule has 1 aromatic rings. The first-order valence-electron chi connectivity index (χ1n) is 8.50. The summed E-state index contributed by atoms with van der Waals surface area (Å²) in [4.78, 5) is 23.6. The van der Waals surface area contributed by atoms with E-state index in [2.05, 4.69) is 13.8 Å². The molecule has 5 heteroatoms. The first kappa shape index (κ1) is 20.0. The van der Waals surface area contributed by atoms with Crippen LogP contribution in [-0.2, 0) is 25.4 Å². The van der Waals surface area contributed by atoms with Crippen molar-refractivity contribution >= 4 is 12.1 Å². The van der Waals surface area contributed by atoms with Gasteiger partial charge in [-0.3, -0.25) is 4.79 Å². The van der Waals surface area contributed by atoms with Crippen LogP contribution in [0.3, 0.4) is 0 Å². The molecule has 1 rings (SSSR count). The molecule has 0 saturated heterocycles. The molecule has 0 saturated carbocycles. The Morgan fingerprint density at radius 2 is 1.62 bits per heavy atom. The molecular formula is C19H28O5. The fraction of sp³-hybridized carbons (Fsp3) is 0.579. The zero-order valence-corrected chi connectivity index (χ0v) is 15.2. The summed E-state index contributed by atoms with van der Waals surface area (Å²) in [6, 6.07) is 7.95. The van der Waals surface area contributed by atoms with E-state index < -0.39 is 24.3 Å². The number of carbonyl (C=O) groups is 2. The Hall–Kier alpha value is -2.04. The third-order valence-corrected chi connectivity index (χ3v) is 3.55. The molecule has 0 fully saturated rings. The molecule has 2 atom stereocenters. The van der Waals surface area contributed by atoms with Gasteiger partial charge in [0.15, 0.2) is 0 Å². The maximum Gasteiger partial charge on any atom is 0.511 e. The molecule has 0 aromatic heterocycles. The molecule has 134 valence electrons. The van der Waals surface area contributed by atoms with Gasteiger partial charge in [-0.15, -0.1) is 0 Å². The van der Waals surface area contributed by atoms with Crippen molar-refractivity contribution in [3.63, 3.8) is 0 Å². The summed E-state index contributed by atoms with van der Waals surface area (Å²) < 4.78 is 14.9. The van der Waals surface area contributed by atoms with Crippen molar-refractivity contribution in [1.29, 1.82) is 0 Å². The summed E-state index contributed by atoms with van der Waals surface area (Å²) in [5.74, 6) is -0.274. The lowest BCUT2D eigenvalue weighted by Crippen LogP contribution is -2.26. The molecule has 1 aromatic carbocycles. The fourth-order valence-corrected chi connectivity index (χ4v) is 2.23. The largest absolute Gasteiger partial charge is 0.511 e. The highest BCUT2D eigenvalue weighted by Crippen LogP contribution is 2.20. The van der Waals surface area contributed by atoms with E-state index >= 15 is 0 Å². The smallest absolute Gasteiger partial charge is 0.435 e. The van der Waals surface area contributed by atoms with Crippen LogP contribution in [0.4, 0.5) is 4.79 Å². The van der Waals surface area contributed by atoms with Crippen LogP contribution in [0.15, 0.2) is 24.3 Å². The monoisotopic (exact) mass is 336 g/mol. The van der Waals surface area contributed by atoms with Crippen molar-refractivity contribution in [2.24, 2.45) is 5.92 Å². The van der Waals surface area contributed by atoms with E-state index in [1.165, 1.54) is 5.56 Å². The van der Waals surface area contributed by atoms with Gasteiger partial charge in [0.2, 0.25) is 0 Å². The molecule has 0 radical (unpaired) electrons. The zero-order chi connectivity index (χ0) is 18.1. The van der Waals surface area contributed by atoms with Crippen LogP contribution < -0.4 is 0 Å². The van der Waals surface area contributed by atoms with Gasteiger partial charge in [0.1, 0.15) is 0 Å². The van der Waals surface area contributed by atoms with Gasteiger partial charge in [0, 0.05) is 6.42 Å². The van der Waals surface area contributed by atoms with Crippen molar-refractivity contribution in [2.75, 3.05) is 6.61 Å².